The molecular formula is C14H20N2O2S. The summed E-state index contributed by atoms with van der Waals surface area (Å²) >= 11 is 0. The van der Waals surface area contributed by atoms with E-state index in [2.05, 4.69) is 11.9 Å². The van der Waals surface area contributed by atoms with Crippen molar-refractivity contribution in [1.29, 1.82) is 0 Å². The zero-order chi connectivity index (χ0) is 14.0. The third-order valence-corrected chi connectivity index (χ3v) is 5.16. The highest BCUT2D eigenvalue weighted by Gasteiger charge is 2.16. The molecule has 2 aromatic rings. The van der Waals surface area contributed by atoms with Crippen LogP contribution in [0.15, 0.2) is 29.3 Å². The van der Waals surface area contributed by atoms with E-state index in [0.29, 0.717) is 4.90 Å². The van der Waals surface area contributed by atoms with E-state index >= 15 is 0 Å². The van der Waals surface area contributed by atoms with Gasteiger partial charge in [0.15, 0.2) is 9.84 Å². The van der Waals surface area contributed by atoms with E-state index in [0.717, 1.165) is 29.3 Å². The van der Waals surface area contributed by atoms with Crippen LogP contribution in [0.1, 0.15) is 38.3 Å². The minimum atomic E-state index is -3.18. The molecule has 0 aliphatic carbocycles. The van der Waals surface area contributed by atoms with Gasteiger partial charge in [-0.15, -0.1) is 0 Å². The number of H-pyrrole nitrogens is 1. The summed E-state index contributed by atoms with van der Waals surface area (Å²) in [5.74, 6) is 0.110. The van der Waals surface area contributed by atoms with Crippen molar-refractivity contribution in [2.45, 2.75) is 37.6 Å². The molecule has 1 atom stereocenters. The lowest BCUT2D eigenvalue weighted by molar-refractivity contribution is 0.597. The Labute approximate surface area is 113 Å². The molecule has 5 heteroatoms. The lowest BCUT2D eigenvalue weighted by Gasteiger charge is -2.09. The van der Waals surface area contributed by atoms with Gasteiger partial charge in [0.05, 0.1) is 10.6 Å². The Kier molecular flexibility index (Phi) is 3.96. The van der Waals surface area contributed by atoms with Gasteiger partial charge in [0.1, 0.15) is 0 Å². The van der Waals surface area contributed by atoms with E-state index in [4.69, 9.17) is 5.73 Å². The minimum Gasteiger partial charge on any atom is -0.361 e. The summed E-state index contributed by atoms with van der Waals surface area (Å²) < 4.78 is 23.9. The largest absolute Gasteiger partial charge is 0.361 e. The van der Waals surface area contributed by atoms with Gasteiger partial charge in [-0.2, -0.15) is 0 Å². The van der Waals surface area contributed by atoms with Gasteiger partial charge in [-0.1, -0.05) is 20.3 Å². The molecule has 0 aliphatic heterocycles. The van der Waals surface area contributed by atoms with Crippen LogP contribution in [0.25, 0.3) is 10.9 Å². The van der Waals surface area contributed by atoms with Gasteiger partial charge < -0.3 is 10.7 Å². The third kappa shape index (κ3) is 2.67. The number of sulfone groups is 1. The monoisotopic (exact) mass is 280 g/mol. The number of hydrogen-bond acceptors (Lipinski definition) is 3. The van der Waals surface area contributed by atoms with E-state index in [1.807, 2.05) is 6.20 Å². The maximum atomic E-state index is 11.9. The van der Waals surface area contributed by atoms with Gasteiger partial charge in [-0.25, -0.2) is 8.42 Å². The summed E-state index contributed by atoms with van der Waals surface area (Å²) in [6, 6.07) is 5.13. The molecule has 4 nitrogen and oxygen atoms in total. The molecule has 0 aliphatic rings. The summed E-state index contributed by atoms with van der Waals surface area (Å²) in [5.41, 5.74) is 8.06. The quantitative estimate of drug-likeness (QED) is 0.884. The summed E-state index contributed by atoms with van der Waals surface area (Å²) in [6.07, 6.45) is 3.77. The second-order valence-electron chi connectivity index (χ2n) is 4.75. The van der Waals surface area contributed by atoms with Crippen LogP contribution >= 0.6 is 0 Å². The van der Waals surface area contributed by atoms with Crippen molar-refractivity contribution in [1.82, 2.24) is 4.98 Å². The SMILES string of the molecule is CCCC(N)c1c[nH]c2ccc(S(=O)(=O)CC)cc12. The Morgan fingerprint density at radius 2 is 2.05 bits per heavy atom. The summed E-state index contributed by atoms with van der Waals surface area (Å²) in [7, 11) is -3.18. The topological polar surface area (TPSA) is 76.0 Å². The van der Waals surface area contributed by atoms with Crippen molar-refractivity contribution in [2.75, 3.05) is 5.75 Å². The Bertz CT molecular complexity index is 674. The van der Waals surface area contributed by atoms with Crippen LogP contribution in [-0.2, 0) is 9.84 Å². The molecule has 1 unspecified atom stereocenters. The molecule has 1 heterocycles. The molecule has 2 rings (SSSR count). The lowest BCUT2D eigenvalue weighted by atomic mass is 10.0. The van der Waals surface area contributed by atoms with Gasteiger partial charge in [0, 0.05) is 23.1 Å². The van der Waals surface area contributed by atoms with Crippen LogP contribution in [0.2, 0.25) is 0 Å². The number of aromatic amines is 1. The average Bonchev–Trinajstić information content (AvgIpc) is 2.81. The van der Waals surface area contributed by atoms with Crippen molar-refractivity contribution in [2.24, 2.45) is 5.73 Å². The number of nitrogens with one attached hydrogen (secondary N) is 1. The highest BCUT2D eigenvalue weighted by atomic mass is 32.2. The number of nitrogens with two attached hydrogens (primary N) is 1. The van der Waals surface area contributed by atoms with Crippen LogP contribution in [0.5, 0.6) is 0 Å². The van der Waals surface area contributed by atoms with Crippen LogP contribution in [0.3, 0.4) is 0 Å². The van der Waals surface area contributed by atoms with Gasteiger partial charge in [-0.05, 0) is 30.2 Å². The van der Waals surface area contributed by atoms with Crippen LogP contribution in [-0.4, -0.2) is 19.2 Å². The fraction of sp³-hybridized carbons (Fsp3) is 0.429. The van der Waals surface area contributed by atoms with Crippen LogP contribution < -0.4 is 5.73 Å². The molecule has 3 N–H and O–H groups in total. The molecular weight excluding hydrogens is 260 g/mol. The molecule has 0 radical (unpaired) electrons. The average molecular weight is 280 g/mol. The van der Waals surface area contributed by atoms with Gasteiger partial charge in [0.2, 0.25) is 0 Å². The second kappa shape index (κ2) is 5.35. The molecule has 0 amide bonds. The van der Waals surface area contributed by atoms with E-state index < -0.39 is 9.84 Å². The Morgan fingerprint density at radius 3 is 2.68 bits per heavy atom. The molecule has 104 valence electrons. The normalized spacial score (nSPS) is 13.8. The number of fused-ring (bicyclic) bond motifs is 1. The van der Waals surface area contributed by atoms with Crippen molar-refractivity contribution < 1.29 is 8.42 Å². The molecule has 19 heavy (non-hydrogen) atoms. The Morgan fingerprint density at radius 1 is 1.32 bits per heavy atom. The van der Waals surface area contributed by atoms with E-state index in [-0.39, 0.29) is 11.8 Å². The first-order valence-corrected chi connectivity index (χ1v) is 8.24. The molecule has 0 bridgehead atoms. The fourth-order valence-electron chi connectivity index (χ4n) is 2.25. The van der Waals surface area contributed by atoms with E-state index in [9.17, 15) is 8.42 Å². The number of benzene rings is 1. The van der Waals surface area contributed by atoms with E-state index in [1.54, 1.807) is 25.1 Å². The highest BCUT2D eigenvalue weighted by Crippen LogP contribution is 2.27. The zero-order valence-electron chi connectivity index (χ0n) is 11.3. The van der Waals surface area contributed by atoms with Crippen molar-refractivity contribution in [3.63, 3.8) is 0 Å². The smallest absolute Gasteiger partial charge is 0.178 e. The minimum absolute atomic E-state index is 0.0571. The first-order chi connectivity index (χ1) is 8.99. The molecule has 0 saturated carbocycles. The highest BCUT2D eigenvalue weighted by molar-refractivity contribution is 7.91. The number of aromatic nitrogens is 1. The summed E-state index contributed by atoms with van der Waals surface area (Å²) in [6.45, 7) is 3.74. The number of rotatable bonds is 5. The molecule has 0 spiro atoms. The van der Waals surface area contributed by atoms with Gasteiger partial charge in [0.25, 0.3) is 0 Å². The lowest BCUT2D eigenvalue weighted by Crippen LogP contribution is -2.09. The Balaban J connectivity index is 2.55. The van der Waals surface area contributed by atoms with E-state index in [1.165, 1.54) is 0 Å². The van der Waals surface area contributed by atoms with Crippen molar-refractivity contribution >= 4 is 20.7 Å². The Hall–Kier alpha value is -1.33. The predicted octanol–water partition coefficient (Wildman–Crippen LogP) is 2.76. The van der Waals surface area contributed by atoms with Gasteiger partial charge >= 0.3 is 0 Å². The van der Waals surface area contributed by atoms with Gasteiger partial charge in [-0.3, -0.25) is 0 Å². The van der Waals surface area contributed by atoms with Crippen LogP contribution in [0, 0.1) is 0 Å². The first kappa shape index (κ1) is 14.1. The van der Waals surface area contributed by atoms with Crippen molar-refractivity contribution in [3.8, 4) is 0 Å². The summed E-state index contributed by atoms with van der Waals surface area (Å²) in [4.78, 5) is 3.52. The molecule has 0 saturated heterocycles. The molecule has 1 aromatic heterocycles. The van der Waals surface area contributed by atoms with Crippen molar-refractivity contribution in [3.05, 3.63) is 30.0 Å². The summed E-state index contributed by atoms with van der Waals surface area (Å²) in [5, 5.41) is 0.912. The first-order valence-electron chi connectivity index (χ1n) is 6.59. The molecule has 1 aromatic carbocycles. The second-order valence-corrected chi connectivity index (χ2v) is 7.03. The maximum absolute atomic E-state index is 11.9. The number of hydrogen-bond donors (Lipinski definition) is 2. The standard InChI is InChI=1S/C14H20N2O2S/c1-3-5-13(15)12-9-16-14-7-6-10(8-11(12)14)19(17,18)4-2/h6-9,13,16H,3-5,15H2,1-2H3. The predicted molar refractivity (Wildman–Crippen MR) is 77.9 cm³/mol. The third-order valence-electron chi connectivity index (χ3n) is 3.42. The maximum Gasteiger partial charge on any atom is 0.178 e. The fourth-order valence-corrected chi connectivity index (χ4v) is 3.16. The molecule has 0 fully saturated rings. The van der Waals surface area contributed by atoms with Crippen LogP contribution in [0.4, 0.5) is 0 Å². The zero-order valence-corrected chi connectivity index (χ0v) is 12.1.